The molecular weight excluding hydrogens is 250 g/mol. The predicted molar refractivity (Wildman–Crippen MR) is 81.3 cm³/mol. The highest BCUT2D eigenvalue weighted by atomic mass is 16.1. The molecule has 1 aromatic carbocycles. The largest absolute Gasteiger partial charge is 0.353 e. The molecule has 1 aromatic rings. The molecule has 0 unspecified atom stereocenters. The van der Waals surface area contributed by atoms with E-state index in [1.807, 2.05) is 0 Å². The maximum atomic E-state index is 11.5. The molecule has 1 aliphatic rings. The van der Waals surface area contributed by atoms with Gasteiger partial charge >= 0.3 is 0 Å². The first kappa shape index (κ1) is 15.0. The van der Waals surface area contributed by atoms with E-state index < -0.39 is 0 Å². The molecule has 1 amide bonds. The van der Waals surface area contributed by atoms with Gasteiger partial charge in [-0.3, -0.25) is 9.69 Å². The number of rotatable bonds is 5. The monoisotopic (exact) mass is 275 g/mol. The highest BCUT2D eigenvalue weighted by Gasteiger charge is 2.20. The molecule has 1 fully saturated rings. The van der Waals surface area contributed by atoms with Crippen LogP contribution in [0.15, 0.2) is 24.3 Å². The van der Waals surface area contributed by atoms with Crippen LogP contribution in [0, 0.1) is 6.92 Å². The zero-order valence-electron chi connectivity index (χ0n) is 12.3. The van der Waals surface area contributed by atoms with Gasteiger partial charge in [-0.05, 0) is 30.9 Å². The summed E-state index contributed by atoms with van der Waals surface area (Å²) in [5.74, 6) is 0.0878. The smallest absolute Gasteiger partial charge is 0.221 e. The van der Waals surface area contributed by atoms with Crippen LogP contribution >= 0.6 is 0 Å². The van der Waals surface area contributed by atoms with Gasteiger partial charge in [0.1, 0.15) is 0 Å². The molecule has 0 aliphatic carbocycles. The summed E-state index contributed by atoms with van der Waals surface area (Å²) in [6, 6.07) is 8.86. The summed E-state index contributed by atoms with van der Waals surface area (Å²) in [6.07, 6.45) is 2.49. The van der Waals surface area contributed by atoms with E-state index in [-0.39, 0.29) is 5.91 Å². The summed E-state index contributed by atoms with van der Waals surface area (Å²) in [6.45, 7) is 5.69. The number of carbonyl (C=O) groups excluding carboxylic acids is 1. The van der Waals surface area contributed by atoms with Gasteiger partial charge in [-0.1, -0.05) is 24.3 Å². The van der Waals surface area contributed by atoms with Crippen molar-refractivity contribution in [1.82, 2.24) is 10.2 Å². The molecule has 0 spiro atoms. The first-order chi connectivity index (χ1) is 9.69. The van der Waals surface area contributed by atoms with E-state index in [4.69, 9.17) is 5.73 Å². The second-order valence-electron chi connectivity index (χ2n) is 5.58. The molecule has 4 nitrogen and oxygen atoms in total. The number of piperidine rings is 1. The molecule has 110 valence electrons. The molecular formula is C16H25N3O. The fourth-order valence-electron chi connectivity index (χ4n) is 2.69. The summed E-state index contributed by atoms with van der Waals surface area (Å²) in [5, 5.41) is 3.07. The van der Waals surface area contributed by atoms with Crippen LogP contribution in [0.3, 0.4) is 0 Å². The van der Waals surface area contributed by atoms with E-state index in [0.29, 0.717) is 19.0 Å². The Kier molecular flexibility index (Phi) is 5.56. The summed E-state index contributed by atoms with van der Waals surface area (Å²) in [4.78, 5) is 14.0. The second kappa shape index (κ2) is 7.41. The molecule has 1 aliphatic heterocycles. The predicted octanol–water partition coefficient (Wildman–Crippen LogP) is 1.42. The van der Waals surface area contributed by atoms with Gasteiger partial charge in [-0.2, -0.15) is 0 Å². The molecule has 0 radical (unpaired) electrons. The molecule has 2 rings (SSSR count). The van der Waals surface area contributed by atoms with Gasteiger partial charge in [0.25, 0.3) is 0 Å². The lowest BCUT2D eigenvalue weighted by molar-refractivity contribution is -0.121. The quantitative estimate of drug-likeness (QED) is 0.854. The molecule has 3 N–H and O–H groups in total. The molecule has 0 aromatic heterocycles. The Morgan fingerprint density at radius 2 is 2.05 bits per heavy atom. The van der Waals surface area contributed by atoms with E-state index in [9.17, 15) is 4.79 Å². The maximum Gasteiger partial charge on any atom is 0.221 e. The lowest BCUT2D eigenvalue weighted by Gasteiger charge is -2.32. The minimum absolute atomic E-state index is 0.0878. The summed E-state index contributed by atoms with van der Waals surface area (Å²) in [7, 11) is 0. The highest BCUT2D eigenvalue weighted by molar-refractivity contribution is 5.76. The Morgan fingerprint density at radius 1 is 1.35 bits per heavy atom. The van der Waals surface area contributed by atoms with Gasteiger partial charge in [0.15, 0.2) is 0 Å². The number of carbonyl (C=O) groups is 1. The summed E-state index contributed by atoms with van der Waals surface area (Å²) >= 11 is 0. The number of aryl methyl sites for hydroxylation is 1. The van der Waals surface area contributed by atoms with Gasteiger partial charge in [-0.25, -0.2) is 0 Å². The number of hydrogen-bond donors (Lipinski definition) is 2. The lowest BCUT2D eigenvalue weighted by atomic mass is 10.0. The standard InChI is InChI=1S/C16H25N3O/c1-13-4-2-3-5-14(13)12-19-10-7-15(8-11-19)18-16(20)6-9-17/h2-5,15H,6-12,17H2,1H3,(H,18,20). The SMILES string of the molecule is Cc1ccccc1CN1CCC(NC(=O)CCN)CC1. The van der Waals surface area contributed by atoms with E-state index in [1.165, 1.54) is 11.1 Å². The Labute approximate surface area is 121 Å². The molecule has 4 heteroatoms. The van der Waals surface area contributed by atoms with Gasteiger partial charge in [0, 0.05) is 38.6 Å². The van der Waals surface area contributed by atoms with Crippen LogP contribution in [-0.2, 0) is 11.3 Å². The van der Waals surface area contributed by atoms with E-state index >= 15 is 0 Å². The zero-order chi connectivity index (χ0) is 14.4. The van der Waals surface area contributed by atoms with Crippen LogP contribution in [0.25, 0.3) is 0 Å². The number of benzene rings is 1. The van der Waals surface area contributed by atoms with E-state index in [1.54, 1.807) is 0 Å². The average molecular weight is 275 g/mol. The number of nitrogens with one attached hydrogen (secondary N) is 1. The third kappa shape index (κ3) is 4.32. The molecule has 1 saturated heterocycles. The van der Waals surface area contributed by atoms with Crippen molar-refractivity contribution < 1.29 is 4.79 Å². The number of amides is 1. The van der Waals surface area contributed by atoms with Crippen molar-refractivity contribution in [3.8, 4) is 0 Å². The van der Waals surface area contributed by atoms with Crippen LogP contribution < -0.4 is 11.1 Å². The number of nitrogens with two attached hydrogens (primary N) is 1. The summed E-state index contributed by atoms with van der Waals surface area (Å²) in [5.41, 5.74) is 8.14. The first-order valence-corrected chi connectivity index (χ1v) is 7.45. The summed E-state index contributed by atoms with van der Waals surface area (Å²) < 4.78 is 0. The van der Waals surface area contributed by atoms with Crippen molar-refractivity contribution in [3.05, 3.63) is 35.4 Å². The number of nitrogens with zero attached hydrogens (tertiary/aromatic N) is 1. The molecule has 0 atom stereocenters. The van der Waals surface area contributed by atoms with E-state index in [0.717, 1.165) is 32.5 Å². The number of likely N-dealkylation sites (tertiary alicyclic amines) is 1. The van der Waals surface area contributed by atoms with Crippen LogP contribution in [0.2, 0.25) is 0 Å². The topological polar surface area (TPSA) is 58.4 Å². The molecule has 0 saturated carbocycles. The highest BCUT2D eigenvalue weighted by Crippen LogP contribution is 2.16. The average Bonchev–Trinajstić information content (AvgIpc) is 2.44. The molecule has 1 heterocycles. The third-order valence-corrected chi connectivity index (χ3v) is 3.98. The van der Waals surface area contributed by atoms with Crippen molar-refractivity contribution >= 4 is 5.91 Å². The Hall–Kier alpha value is -1.39. The van der Waals surface area contributed by atoms with Crippen molar-refractivity contribution in [1.29, 1.82) is 0 Å². The maximum absolute atomic E-state index is 11.5. The zero-order valence-corrected chi connectivity index (χ0v) is 12.3. The van der Waals surface area contributed by atoms with Crippen molar-refractivity contribution in [2.75, 3.05) is 19.6 Å². The van der Waals surface area contributed by atoms with Crippen molar-refractivity contribution in [2.24, 2.45) is 5.73 Å². The Balaban J connectivity index is 1.77. The van der Waals surface area contributed by atoms with Crippen LogP contribution in [0.1, 0.15) is 30.4 Å². The first-order valence-electron chi connectivity index (χ1n) is 7.45. The fourth-order valence-corrected chi connectivity index (χ4v) is 2.69. The van der Waals surface area contributed by atoms with Crippen LogP contribution in [-0.4, -0.2) is 36.5 Å². The van der Waals surface area contributed by atoms with Gasteiger partial charge < -0.3 is 11.1 Å². The normalized spacial score (nSPS) is 17.1. The van der Waals surface area contributed by atoms with Gasteiger partial charge in [-0.15, -0.1) is 0 Å². The molecule has 0 bridgehead atoms. The van der Waals surface area contributed by atoms with Crippen LogP contribution in [0.4, 0.5) is 0 Å². The van der Waals surface area contributed by atoms with Gasteiger partial charge in [0.05, 0.1) is 0 Å². The number of hydrogen-bond acceptors (Lipinski definition) is 3. The second-order valence-corrected chi connectivity index (χ2v) is 5.58. The third-order valence-electron chi connectivity index (χ3n) is 3.98. The minimum atomic E-state index is 0.0878. The minimum Gasteiger partial charge on any atom is -0.353 e. The van der Waals surface area contributed by atoms with Gasteiger partial charge in [0.2, 0.25) is 5.91 Å². The Bertz CT molecular complexity index is 439. The lowest BCUT2D eigenvalue weighted by Crippen LogP contribution is -2.44. The molecule has 20 heavy (non-hydrogen) atoms. The van der Waals surface area contributed by atoms with Crippen LogP contribution in [0.5, 0.6) is 0 Å². The Morgan fingerprint density at radius 3 is 2.70 bits per heavy atom. The van der Waals surface area contributed by atoms with E-state index in [2.05, 4.69) is 41.4 Å². The fraction of sp³-hybridized carbons (Fsp3) is 0.562. The van der Waals surface area contributed by atoms with Crippen molar-refractivity contribution in [2.45, 2.75) is 38.8 Å². The van der Waals surface area contributed by atoms with Crippen molar-refractivity contribution in [3.63, 3.8) is 0 Å².